The predicted octanol–water partition coefficient (Wildman–Crippen LogP) is 3.61. The zero-order valence-corrected chi connectivity index (χ0v) is 17.6. The largest absolute Gasteiger partial charge is 0.338 e. The van der Waals surface area contributed by atoms with Crippen LogP contribution >= 0.6 is 0 Å². The fraction of sp³-hybridized carbons (Fsp3) is 0.500. The Kier molecular flexibility index (Phi) is 6.29. The van der Waals surface area contributed by atoms with E-state index in [0.29, 0.717) is 17.6 Å². The Morgan fingerprint density at radius 2 is 1.86 bits per heavy atom. The summed E-state index contributed by atoms with van der Waals surface area (Å²) in [6.45, 7) is 15.2. The smallest absolute Gasteiger partial charge is 0.274 e. The van der Waals surface area contributed by atoms with Crippen molar-refractivity contribution in [1.82, 2.24) is 14.9 Å². The highest BCUT2D eigenvalue weighted by Gasteiger charge is 2.21. The van der Waals surface area contributed by atoms with Crippen LogP contribution in [0.15, 0.2) is 24.3 Å². The summed E-state index contributed by atoms with van der Waals surface area (Å²) < 4.78 is 0. The Balaban J connectivity index is 1.83. The number of aromatic nitrogens is 2. The van der Waals surface area contributed by atoms with Crippen molar-refractivity contribution in [1.29, 1.82) is 0 Å². The van der Waals surface area contributed by atoms with Gasteiger partial charge in [0.15, 0.2) is 0 Å². The van der Waals surface area contributed by atoms with Crippen molar-refractivity contribution >= 4 is 17.5 Å². The van der Waals surface area contributed by atoms with E-state index in [1.165, 1.54) is 0 Å². The fourth-order valence-electron chi connectivity index (χ4n) is 3.59. The second-order valence-corrected chi connectivity index (χ2v) is 7.76. The molecule has 2 heterocycles. The lowest BCUT2D eigenvalue weighted by molar-refractivity contribution is 0.102. The maximum Gasteiger partial charge on any atom is 0.274 e. The van der Waals surface area contributed by atoms with Crippen LogP contribution in [-0.2, 0) is 0 Å². The highest BCUT2D eigenvalue weighted by atomic mass is 16.1. The maximum atomic E-state index is 13.0. The molecule has 6 nitrogen and oxygen atoms in total. The molecule has 1 aliphatic heterocycles. The number of hydrogen-bond acceptors (Lipinski definition) is 5. The lowest BCUT2D eigenvalue weighted by Crippen LogP contribution is -2.47. The lowest BCUT2D eigenvalue weighted by atomic mass is 9.98. The third kappa shape index (κ3) is 4.50. The van der Waals surface area contributed by atoms with Crippen molar-refractivity contribution in [2.45, 2.75) is 40.5 Å². The molecule has 1 aliphatic rings. The fourth-order valence-corrected chi connectivity index (χ4v) is 3.59. The molecule has 0 unspecified atom stereocenters. The van der Waals surface area contributed by atoms with Gasteiger partial charge in [0, 0.05) is 37.6 Å². The second kappa shape index (κ2) is 8.69. The number of carbonyl (C=O) groups excluding carboxylic acids is 1. The molecule has 28 heavy (non-hydrogen) atoms. The number of aryl methyl sites for hydroxylation is 2. The van der Waals surface area contributed by atoms with Crippen LogP contribution in [0.25, 0.3) is 0 Å². The third-order valence-electron chi connectivity index (χ3n) is 5.34. The minimum atomic E-state index is -0.185. The van der Waals surface area contributed by atoms with Crippen LogP contribution in [0.1, 0.15) is 54.0 Å². The molecule has 1 aromatic carbocycles. The Labute approximate surface area is 168 Å². The number of anilines is 2. The average molecular weight is 382 g/mol. The minimum Gasteiger partial charge on any atom is -0.338 e. The SMILES string of the molecule is CCN1CCN(c2nc(C)cc(C(=O)Nc3c(C)cccc3C(C)C)n2)CC1. The zero-order chi connectivity index (χ0) is 20.3. The monoisotopic (exact) mass is 381 g/mol. The van der Waals surface area contributed by atoms with Gasteiger partial charge in [-0.2, -0.15) is 0 Å². The first-order valence-electron chi connectivity index (χ1n) is 10.1. The molecular weight excluding hydrogens is 350 g/mol. The van der Waals surface area contributed by atoms with E-state index in [1.807, 2.05) is 26.0 Å². The predicted molar refractivity (Wildman–Crippen MR) is 114 cm³/mol. The molecule has 0 radical (unpaired) electrons. The van der Waals surface area contributed by atoms with E-state index in [-0.39, 0.29) is 5.91 Å². The zero-order valence-electron chi connectivity index (χ0n) is 17.6. The first-order valence-corrected chi connectivity index (χ1v) is 10.1. The van der Waals surface area contributed by atoms with Crippen LogP contribution in [0.5, 0.6) is 0 Å². The molecule has 1 N–H and O–H groups in total. The number of nitrogens with one attached hydrogen (secondary N) is 1. The van der Waals surface area contributed by atoms with Crippen molar-refractivity contribution in [2.75, 3.05) is 42.9 Å². The Morgan fingerprint density at radius 1 is 1.14 bits per heavy atom. The summed E-state index contributed by atoms with van der Waals surface area (Å²) in [7, 11) is 0. The lowest BCUT2D eigenvalue weighted by Gasteiger charge is -2.34. The number of piperazine rings is 1. The third-order valence-corrected chi connectivity index (χ3v) is 5.34. The van der Waals surface area contributed by atoms with Crippen LogP contribution in [0.4, 0.5) is 11.6 Å². The summed E-state index contributed by atoms with van der Waals surface area (Å²) in [5.74, 6) is 0.790. The highest BCUT2D eigenvalue weighted by Crippen LogP contribution is 2.28. The Bertz CT molecular complexity index is 841. The van der Waals surface area contributed by atoms with Crippen LogP contribution in [0.3, 0.4) is 0 Å². The maximum absolute atomic E-state index is 13.0. The van der Waals surface area contributed by atoms with Crippen molar-refractivity contribution < 1.29 is 4.79 Å². The molecule has 3 rings (SSSR count). The number of nitrogens with zero attached hydrogens (tertiary/aromatic N) is 4. The number of carbonyl (C=O) groups is 1. The van der Waals surface area contributed by atoms with E-state index in [9.17, 15) is 4.79 Å². The molecule has 1 amide bonds. The summed E-state index contributed by atoms with van der Waals surface area (Å²) in [5.41, 5.74) is 4.30. The molecular formula is C22H31N5O. The van der Waals surface area contributed by atoms with Gasteiger partial charge < -0.3 is 15.1 Å². The molecule has 0 aliphatic carbocycles. The highest BCUT2D eigenvalue weighted by molar-refractivity contribution is 6.04. The molecule has 1 fully saturated rings. The summed E-state index contributed by atoms with van der Waals surface area (Å²) >= 11 is 0. The van der Waals surface area contributed by atoms with Gasteiger partial charge in [-0.05, 0) is 43.5 Å². The second-order valence-electron chi connectivity index (χ2n) is 7.76. The van der Waals surface area contributed by atoms with Gasteiger partial charge in [0.2, 0.25) is 5.95 Å². The topological polar surface area (TPSA) is 61.4 Å². The normalized spacial score (nSPS) is 15.1. The van der Waals surface area contributed by atoms with E-state index < -0.39 is 0 Å². The Morgan fingerprint density at radius 3 is 2.50 bits per heavy atom. The molecule has 0 bridgehead atoms. The van der Waals surface area contributed by atoms with Crippen molar-refractivity contribution in [3.8, 4) is 0 Å². The van der Waals surface area contributed by atoms with E-state index in [1.54, 1.807) is 6.07 Å². The number of hydrogen-bond donors (Lipinski definition) is 1. The van der Waals surface area contributed by atoms with Gasteiger partial charge in [-0.15, -0.1) is 0 Å². The van der Waals surface area contributed by atoms with Gasteiger partial charge in [0.25, 0.3) is 5.91 Å². The number of amides is 1. The molecule has 2 aromatic rings. The molecule has 1 aromatic heterocycles. The van der Waals surface area contributed by atoms with Crippen molar-refractivity contribution in [3.05, 3.63) is 46.8 Å². The van der Waals surface area contributed by atoms with Crippen LogP contribution in [0, 0.1) is 13.8 Å². The first kappa shape index (κ1) is 20.3. The summed E-state index contributed by atoms with van der Waals surface area (Å²) in [6.07, 6.45) is 0. The quantitative estimate of drug-likeness (QED) is 0.857. The van der Waals surface area contributed by atoms with E-state index in [0.717, 1.165) is 55.2 Å². The summed E-state index contributed by atoms with van der Waals surface area (Å²) in [4.78, 5) is 26.7. The van der Waals surface area contributed by atoms with Crippen molar-refractivity contribution in [3.63, 3.8) is 0 Å². The molecule has 6 heteroatoms. The number of benzene rings is 1. The van der Waals surface area contributed by atoms with Gasteiger partial charge in [0.05, 0.1) is 0 Å². The number of para-hydroxylation sites is 1. The van der Waals surface area contributed by atoms with Gasteiger partial charge >= 0.3 is 0 Å². The van der Waals surface area contributed by atoms with Crippen LogP contribution < -0.4 is 10.2 Å². The minimum absolute atomic E-state index is 0.185. The standard InChI is InChI=1S/C22H31N5O/c1-6-26-10-12-27(13-11-26)22-23-17(5)14-19(24-22)21(28)25-20-16(4)8-7-9-18(20)15(2)3/h7-9,14-15H,6,10-13H2,1-5H3,(H,25,28). The first-order chi connectivity index (χ1) is 13.4. The molecule has 150 valence electrons. The Hall–Kier alpha value is -2.47. The molecule has 0 spiro atoms. The van der Waals surface area contributed by atoms with Crippen LogP contribution in [-0.4, -0.2) is 53.5 Å². The average Bonchev–Trinajstić information content (AvgIpc) is 2.68. The van der Waals surface area contributed by atoms with Gasteiger partial charge in [-0.3, -0.25) is 4.79 Å². The molecule has 1 saturated heterocycles. The molecule has 0 saturated carbocycles. The summed E-state index contributed by atoms with van der Waals surface area (Å²) in [5, 5.41) is 3.09. The molecule has 0 atom stereocenters. The van der Waals surface area contributed by atoms with Gasteiger partial charge in [-0.25, -0.2) is 9.97 Å². The number of likely N-dealkylation sites (N-methyl/N-ethyl adjacent to an activating group) is 1. The van der Waals surface area contributed by atoms with Gasteiger partial charge in [0.1, 0.15) is 5.69 Å². The van der Waals surface area contributed by atoms with Gasteiger partial charge in [-0.1, -0.05) is 39.0 Å². The van der Waals surface area contributed by atoms with E-state index >= 15 is 0 Å². The van der Waals surface area contributed by atoms with Crippen molar-refractivity contribution in [2.24, 2.45) is 0 Å². The van der Waals surface area contributed by atoms with Crippen LogP contribution in [0.2, 0.25) is 0 Å². The van der Waals surface area contributed by atoms with E-state index in [2.05, 4.69) is 51.9 Å². The number of rotatable bonds is 5. The van der Waals surface area contributed by atoms with E-state index in [4.69, 9.17) is 0 Å². The summed E-state index contributed by atoms with van der Waals surface area (Å²) in [6, 6.07) is 7.88.